The normalized spacial score (nSPS) is 21.6. The van der Waals surface area contributed by atoms with E-state index in [1.54, 1.807) is 0 Å². The average Bonchev–Trinajstić information content (AvgIpc) is 3.03. The second-order valence-electron chi connectivity index (χ2n) is 6.12. The molecule has 0 unspecified atom stereocenters. The van der Waals surface area contributed by atoms with E-state index >= 15 is 0 Å². The molecule has 110 valence electrons. The number of para-hydroxylation sites is 1. The van der Waals surface area contributed by atoms with Gasteiger partial charge in [0.2, 0.25) is 0 Å². The van der Waals surface area contributed by atoms with Crippen LogP contribution in [-0.2, 0) is 6.54 Å². The fourth-order valence-electron chi connectivity index (χ4n) is 3.76. The lowest BCUT2D eigenvalue weighted by molar-refractivity contribution is 0.187. The van der Waals surface area contributed by atoms with Crippen LogP contribution in [0.4, 0.5) is 5.69 Å². The first-order valence-corrected chi connectivity index (χ1v) is 8.10. The van der Waals surface area contributed by atoms with Crippen molar-refractivity contribution in [2.75, 3.05) is 38.1 Å². The molecule has 2 fully saturated rings. The molecule has 3 nitrogen and oxygen atoms in total. The van der Waals surface area contributed by atoms with Crippen molar-refractivity contribution in [1.29, 1.82) is 0 Å². The number of rotatable bonds is 4. The number of piperazine rings is 1. The highest BCUT2D eigenvalue weighted by molar-refractivity contribution is 5.54. The summed E-state index contributed by atoms with van der Waals surface area (Å²) < 4.78 is 0. The molecular weight excluding hydrogens is 246 g/mol. The van der Waals surface area contributed by atoms with Crippen molar-refractivity contribution in [3.63, 3.8) is 0 Å². The SMILES string of the molecule is CNCc1ccccc1N1CCN(C2CCCC2)CC1. The minimum atomic E-state index is 0.879. The molecule has 1 aliphatic carbocycles. The second kappa shape index (κ2) is 6.59. The minimum absolute atomic E-state index is 0.879. The first-order chi connectivity index (χ1) is 9.88. The molecule has 1 aliphatic heterocycles. The van der Waals surface area contributed by atoms with Gasteiger partial charge in [0.25, 0.3) is 0 Å². The van der Waals surface area contributed by atoms with Crippen LogP contribution in [0.2, 0.25) is 0 Å². The van der Waals surface area contributed by atoms with Gasteiger partial charge in [0, 0.05) is 44.5 Å². The van der Waals surface area contributed by atoms with Crippen LogP contribution in [0.25, 0.3) is 0 Å². The molecule has 0 spiro atoms. The highest BCUT2D eigenvalue weighted by atomic mass is 15.3. The maximum Gasteiger partial charge on any atom is 0.0412 e. The van der Waals surface area contributed by atoms with E-state index in [-0.39, 0.29) is 0 Å². The summed E-state index contributed by atoms with van der Waals surface area (Å²) in [6.07, 6.45) is 5.73. The van der Waals surface area contributed by atoms with Gasteiger partial charge in [0.15, 0.2) is 0 Å². The average molecular weight is 273 g/mol. The van der Waals surface area contributed by atoms with Crippen LogP contribution in [0.3, 0.4) is 0 Å². The highest BCUT2D eigenvalue weighted by Gasteiger charge is 2.26. The van der Waals surface area contributed by atoms with E-state index in [1.807, 2.05) is 7.05 Å². The Bertz CT molecular complexity index is 418. The molecule has 1 saturated heterocycles. The van der Waals surface area contributed by atoms with Crippen LogP contribution in [0, 0.1) is 0 Å². The molecule has 1 heterocycles. The van der Waals surface area contributed by atoms with Crippen molar-refractivity contribution in [2.24, 2.45) is 0 Å². The topological polar surface area (TPSA) is 18.5 Å². The summed E-state index contributed by atoms with van der Waals surface area (Å²) >= 11 is 0. The summed E-state index contributed by atoms with van der Waals surface area (Å²) in [4.78, 5) is 5.29. The number of hydrogen-bond donors (Lipinski definition) is 1. The van der Waals surface area contributed by atoms with Gasteiger partial charge in [-0.15, -0.1) is 0 Å². The third-order valence-electron chi connectivity index (χ3n) is 4.85. The van der Waals surface area contributed by atoms with E-state index in [2.05, 4.69) is 39.4 Å². The monoisotopic (exact) mass is 273 g/mol. The van der Waals surface area contributed by atoms with Crippen LogP contribution in [-0.4, -0.2) is 44.2 Å². The molecule has 0 radical (unpaired) electrons. The smallest absolute Gasteiger partial charge is 0.0412 e. The Balaban J connectivity index is 1.62. The van der Waals surface area contributed by atoms with Gasteiger partial charge >= 0.3 is 0 Å². The summed E-state index contributed by atoms with van der Waals surface area (Å²) in [5, 5.41) is 3.28. The molecule has 0 aromatic heterocycles. The van der Waals surface area contributed by atoms with Gasteiger partial charge in [-0.3, -0.25) is 4.90 Å². The molecule has 20 heavy (non-hydrogen) atoms. The van der Waals surface area contributed by atoms with Crippen molar-refractivity contribution in [3.05, 3.63) is 29.8 Å². The molecule has 0 amide bonds. The van der Waals surface area contributed by atoms with Crippen molar-refractivity contribution in [3.8, 4) is 0 Å². The van der Waals surface area contributed by atoms with Gasteiger partial charge in [-0.25, -0.2) is 0 Å². The van der Waals surface area contributed by atoms with Crippen molar-refractivity contribution in [2.45, 2.75) is 38.3 Å². The van der Waals surface area contributed by atoms with Gasteiger partial charge < -0.3 is 10.2 Å². The number of nitrogens with zero attached hydrogens (tertiary/aromatic N) is 2. The Morgan fingerprint density at radius 1 is 1.05 bits per heavy atom. The summed E-state index contributed by atoms with van der Waals surface area (Å²) in [7, 11) is 2.02. The number of hydrogen-bond acceptors (Lipinski definition) is 3. The standard InChI is InChI=1S/C17H27N3/c1-18-14-15-6-2-5-9-17(15)20-12-10-19(11-13-20)16-7-3-4-8-16/h2,5-6,9,16,18H,3-4,7-8,10-14H2,1H3. The van der Waals surface area contributed by atoms with E-state index in [9.17, 15) is 0 Å². The van der Waals surface area contributed by atoms with Crippen LogP contribution in [0.1, 0.15) is 31.2 Å². The largest absolute Gasteiger partial charge is 0.369 e. The summed E-state index contributed by atoms with van der Waals surface area (Å²) in [6, 6.07) is 9.71. The van der Waals surface area contributed by atoms with Crippen LogP contribution in [0.5, 0.6) is 0 Å². The molecule has 0 bridgehead atoms. The Morgan fingerprint density at radius 3 is 2.45 bits per heavy atom. The lowest BCUT2D eigenvalue weighted by Gasteiger charge is -2.39. The molecule has 1 N–H and O–H groups in total. The fraction of sp³-hybridized carbons (Fsp3) is 0.647. The predicted molar refractivity (Wildman–Crippen MR) is 85.2 cm³/mol. The predicted octanol–water partition coefficient (Wildman–Crippen LogP) is 2.47. The third kappa shape index (κ3) is 2.99. The fourth-order valence-corrected chi connectivity index (χ4v) is 3.76. The summed E-state index contributed by atoms with van der Waals surface area (Å²) in [5.74, 6) is 0. The zero-order valence-corrected chi connectivity index (χ0v) is 12.6. The summed E-state index contributed by atoms with van der Waals surface area (Å²) in [6.45, 7) is 5.78. The molecule has 2 aliphatic rings. The molecule has 3 heteroatoms. The lowest BCUT2D eigenvalue weighted by Crippen LogP contribution is -2.50. The Kier molecular flexibility index (Phi) is 4.58. The second-order valence-corrected chi connectivity index (χ2v) is 6.12. The van der Waals surface area contributed by atoms with Gasteiger partial charge in [-0.05, 0) is 31.5 Å². The first kappa shape index (κ1) is 13.9. The van der Waals surface area contributed by atoms with E-state index in [1.165, 1.54) is 63.1 Å². The number of nitrogens with one attached hydrogen (secondary N) is 1. The molecule has 1 aromatic carbocycles. The van der Waals surface area contributed by atoms with Crippen LogP contribution < -0.4 is 10.2 Å². The maximum absolute atomic E-state index is 3.28. The van der Waals surface area contributed by atoms with Gasteiger partial charge in [0.05, 0.1) is 0 Å². The van der Waals surface area contributed by atoms with Crippen LogP contribution >= 0.6 is 0 Å². The number of anilines is 1. The Hall–Kier alpha value is -1.06. The van der Waals surface area contributed by atoms with E-state index in [0.717, 1.165) is 12.6 Å². The lowest BCUT2D eigenvalue weighted by atomic mass is 10.1. The quantitative estimate of drug-likeness (QED) is 0.909. The van der Waals surface area contributed by atoms with Crippen molar-refractivity contribution in [1.82, 2.24) is 10.2 Å². The third-order valence-corrected chi connectivity index (χ3v) is 4.85. The van der Waals surface area contributed by atoms with Gasteiger partial charge in [-0.2, -0.15) is 0 Å². The molecular formula is C17H27N3. The molecule has 0 atom stereocenters. The molecule has 1 aromatic rings. The van der Waals surface area contributed by atoms with Gasteiger partial charge in [0.1, 0.15) is 0 Å². The minimum Gasteiger partial charge on any atom is -0.369 e. The highest BCUT2D eigenvalue weighted by Crippen LogP contribution is 2.26. The summed E-state index contributed by atoms with van der Waals surface area (Å²) in [5.41, 5.74) is 2.84. The Labute approximate surface area is 123 Å². The van der Waals surface area contributed by atoms with Gasteiger partial charge in [-0.1, -0.05) is 31.0 Å². The van der Waals surface area contributed by atoms with E-state index in [4.69, 9.17) is 0 Å². The number of benzene rings is 1. The zero-order valence-electron chi connectivity index (χ0n) is 12.6. The maximum atomic E-state index is 3.28. The van der Waals surface area contributed by atoms with Crippen molar-refractivity contribution >= 4 is 5.69 Å². The molecule has 1 saturated carbocycles. The Morgan fingerprint density at radius 2 is 1.75 bits per heavy atom. The van der Waals surface area contributed by atoms with E-state index < -0.39 is 0 Å². The zero-order chi connectivity index (χ0) is 13.8. The van der Waals surface area contributed by atoms with Crippen molar-refractivity contribution < 1.29 is 0 Å². The molecule has 3 rings (SSSR count). The van der Waals surface area contributed by atoms with E-state index in [0.29, 0.717) is 0 Å². The first-order valence-electron chi connectivity index (χ1n) is 8.10. The van der Waals surface area contributed by atoms with Crippen LogP contribution in [0.15, 0.2) is 24.3 Å².